The Morgan fingerprint density at radius 1 is 1.25 bits per heavy atom. The molecule has 0 spiro atoms. The Labute approximate surface area is 149 Å². The molecule has 2 aromatic heterocycles. The van der Waals surface area contributed by atoms with Crippen molar-refractivity contribution >= 4 is 17.3 Å². The summed E-state index contributed by atoms with van der Waals surface area (Å²) in [5.41, 5.74) is 1.29. The highest BCUT2D eigenvalue weighted by Gasteiger charge is 2.17. The third-order valence-corrected chi connectivity index (χ3v) is 4.50. The van der Waals surface area contributed by atoms with E-state index in [0.717, 1.165) is 43.6 Å². The molecule has 0 unspecified atom stereocenters. The van der Waals surface area contributed by atoms with E-state index in [2.05, 4.69) is 65.7 Å². The molecule has 24 heavy (non-hydrogen) atoms. The lowest BCUT2D eigenvalue weighted by molar-refractivity contribution is 0.571. The van der Waals surface area contributed by atoms with Gasteiger partial charge in [-0.3, -0.25) is 4.99 Å². The molecule has 2 rings (SSSR count). The molecule has 0 fully saturated rings. The van der Waals surface area contributed by atoms with E-state index in [4.69, 9.17) is 4.98 Å². The minimum Gasteiger partial charge on any atom is -0.357 e. The monoisotopic (exact) mass is 347 g/mol. The Bertz CT molecular complexity index is 622. The molecule has 0 radical (unpaired) electrons. The highest BCUT2D eigenvalue weighted by atomic mass is 32.1. The fourth-order valence-electron chi connectivity index (χ4n) is 2.20. The molecule has 0 saturated carbocycles. The van der Waals surface area contributed by atoms with Crippen molar-refractivity contribution in [3.63, 3.8) is 0 Å². The van der Waals surface area contributed by atoms with Gasteiger partial charge in [-0.1, -0.05) is 20.8 Å². The van der Waals surface area contributed by atoms with Crippen LogP contribution in [0.1, 0.15) is 38.4 Å². The van der Waals surface area contributed by atoms with Gasteiger partial charge in [0.25, 0.3) is 0 Å². The van der Waals surface area contributed by atoms with Crippen molar-refractivity contribution in [2.24, 2.45) is 4.99 Å². The maximum absolute atomic E-state index is 4.73. The first-order valence-corrected chi connectivity index (χ1v) is 9.45. The minimum atomic E-state index is 0.118. The molecule has 2 aromatic rings. The van der Waals surface area contributed by atoms with Gasteiger partial charge < -0.3 is 15.2 Å². The lowest BCUT2D eigenvalue weighted by Crippen LogP contribution is -2.39. The summed E-state index contributed by atoms with van der Waals surface area (Å²) in [7, 11) is 0. The van der Waals surface area contributed by atoms with Gasteiger partial charge in [0, 0.05) is 55.8 Å². The maximum Gasteiger partial charge on any atom is 0.191 e. The lowest BCUT2D eigenvalue weighted by Gasteiger charge is -2.14. The maximum atomic E-state index is 4.73. The van der Waals surface area contributed by atoms with Gasteiger partial charge in [-0.2, -0.15) is 0 Å². The van der Waals surface area contributed by atoms with Crippen LogP contribution in [0.25, 0.3) is 0 Å². The first-order chi connectivity index (χ1) is 11.5. The second-order valence-electron chi connectivity index (χ2n) is 6.73. The summed E-state index contributed by atoms with van der Waals surface area (Å²) < 4.78 is 2.15. The largest absolute Gasteiger partial charge is 0.357 e. The summed E-state index contributed by atoms with van der Waals surface area (Å²) in [6.07, 6.45) is 5.02. The van der Waals surface area contributed by atoms with E-state index in [1.54, 1.807) is 11.3 Å². The quantitative estimate of drug-likeness (QED) is 0.598. The number of aromatic nitrogens is 2. The average molecular weight is 348 g/mol. The van der Waals surface area contributed by atoms with Gasteiger partial charge in [-0.25, -0.2) is 4.98 Å². The number of nitrogens with one attached hydrogen (secondary N) is 2. The van der Waals surface area contributed by atoms with Gasteiger partial charge in [0.2, 0.25) is 0 Å². The highest BCUT2D eigenvalue weighted by molar-refractivity contribution is 7.09. The van der Waals surface area contributed by atoms with Gasteiger partial charge in [0.1, 0.15) is 0 Å². The molecule has 2 heterocycles. The Morgan fingerprint density at radius 2 is 2.00 bits per heavy atom. The molecule has 2 N–H and O–H groups in total. The van der Waals surface area contributed by atoms with Crippen LogP contribution >= 0.6 is 11.3 Å². The molecular formula is C18H29N5S. The number of hydrogen-bond acceptors (Lipinski definition) is 3. The van der Waals surface area contributed by atoms with Gasteiger partial charge in [-0.05, 0) is 19.1 Å². The van der Waals surface area contributed by atoms with Crippen molar-refractivity contribution in [2.45, 2.75) is 46.1 Å². The predicted molar refractivity (Wildman–Crippen MR) is 103 cm³/mol. The lowest BCUT2D eigenvalue weighted by atomic mass is 9.93. The number of hydrogen-bond donors (Lipinski definition) is 2. The van der Waals surface area contributed by atoms with Crippen molar-refractivity contribution in [3.8, 4) is 0 Å². The third kappa shape index (κ3) is 6.00. The first kappa shape index (κ1) is 18.5. The van der Waals surface area contributed by atoms with E-state index in [1.165, 1.54) is 5.69 Å². The second kappa shape index (κ2) is 8.87. The number of nitrogens with zero attached hydrogens (tertiary/aromatic N) is 3. The Morgan fingerprint density at radius 3 is 2.62 bits per heavy atom. The fourth-order valence-corrected chi connectivity index (χ4v) is 3.21. The van der Waals surface area contributed by atoms with Gasteiger partial charge >= 0.3 is 0 Å². The van der Waals surface area contributed by atoms with Crippen LogP contribution < -0.4 is 10.6 Å². The van der Waals surface area contributed by atoms with E-state index in [9.17, 15) is 0 Å². The number of guanidine groups is 1. The van der Waals surface area contributed by atoms with Gasteiger partial charge in [0.05, 0.1) is 10.7 Å². The first-order valence-electron chi connectivity index (χ1n) is 8.57. The van der Waals surface area contributed by atoms with Crippen molar-refractivity contribution in [3.05, 3.63) is 40.6 Å². The smallest absolute Gasteiger partial charge is 0.191 e. The SMILES string of the molecule is CCNC(=NCCc1nc(C(C)(C)C)cs1)NCCn1cccc1. The van der Waals surface area contributed by atoms with Crippen LogP contribution in [-0.2, 0) is 18.4 Å². The summed E-state index contributed by atoms with van der Waals surface area (Å²) in [5, 5.41) is 9.99. The standard InChI is InChI=1S/C18H29N5S/c1-5-19-17(21-10-13-23-11-6-7-12-23)20-9-8-16-22-15(14-24-16)18(2,3)4/h6-7,11-12,14H,5,8-10,13H2,1-4H3,(H2,19,20,21). The van der Waals surface area contributed by atoms with Crippen molar-refractivity contribution in [2.75, 3.05) is 19.6 Å². The van der Waals surface area contributed by atoms with E-state index >= 15 is 0 Å². The van der Waals surface area contributed by atoms with E-state index < -0.39 is 0 Å². The number of aliphatic imine (C=N–C) groups is 1. The molecule has 132 valence electrons. The second-order valence-corrected chi connectivity index (χ2v) is 7.68. The van der Waals surface area contributed by atoms with Crippen LogP contribution in [0, 0.1) is 0 Å². The Kier molecular flexibility index (Phi) is 6.85. The molecule has 0 amide bonds. The Balaban J connectivity index is 1.80. The molecule has 0 aromatic carbocycles. The predicted octanol–water partition coefficient (Wildman–Crippen LogP) is 3.04. The molecular weight excluding hydrogens is 318 g/mol. The van der Waals surface area contributed by atoms with Crippen molar-refractivity contribution < 1.29 is 0 Å². The van der Waals surface area contributed by atoms with Crippen LogP contribution in [-0.4, -0.2) is 35.1 Å². The molecule has 0 bridgehead atoms. The van der Waals surface area contributed by atoms with Crippen LogP contribution in [0.5, 0.6) is 0 Å². The van der Waals surface area contributed by atoms with Crippen LogP contribution in [0.3, 0.4) is 0 Å². The molecule has 0 aliphatic rings. The minimum absolute atomic E-state index is 0.118. The summed E-state index contributed by atoms with van der Waals surface area (Å²) >= 11 is 1.73. The van der Waals surface area contributed by atoms with Crippen LogP contribution in [0.15, 0.2) is 34.9 Å². The summed E-state index contributed by atoms with van der Waals surface area (Å²) in [6, 6.07) is 4.08. The molecule has 0 atom stereocenters. The molecule has 0 aliphatic heterocycles. The normalized spacial score (nSPS) is 12.4. The summed E-state index contributed by atoms with van der Waals surface area (Å²) in [6.45, 7) is 12.1. The van der Waals surface area contributed by atoms with Crippen molar-refractivity contribution in [1.82, 2.24) is 20.2 Å². The third-order valence-electron chi connectivity index (χ3n) is 3.59. The van der Waals surface area contributed by atoms with Gasteiger partial charge in [0.15, 0.2) is 5.96 Å². The van der Waals surface area contributed by atoms with Gasteiger partial charge in [-0.15, -0.1) is 11.3 Å². The highest BCUT2D eigenvalue weighted by Crippen LogP contribution is 2.23. The molecule has 0 saturated heterocycles. The van der Waals surface area contributed by atoms with E-state index in [1.807, 2.05) is 12.1 Å². The number of thiazole rings is 1. The molecule has 6 heteroatoms. The van der Waals surface area contributed by atoms with E-state index in [0.29, 0.717) is 0 Å². The van der Waals surface area contributed by atoms with E-state index in [-0.39, 0.29) is 5.41 Å². The average Bonchev–Trinajstić information content (AvgIpc) is 3.18. The zero-order valence-corrected chi connectivity index (χ0v) is 16.0. The summed E-state index contributed by atoms with van der Waals surface area (Å²) in [4.78, 5) is 9.38. The Hall–Kier alpha value is -1.82. The summed E-state index contributed by atoms with van der Waals surface area (Å²) in [5.74, 6) is 0.872. The van der Waals surface area contributed by atoms with Crippen molar-refractivity contribution in [1.29, 1.82) is 0 Å². The zero-order chi connectivity index (χ0) is 17.4. The zero-order valence-electron chi connectivity index (χ0n) is 15.2. The fraction of sp³-hybridized carbons (Fsp3) is 0.556. The molecule has 5 nitrogen and oxygen atoms in total. The van der Waals surface area contributed by atoms with Crippen LogP contribution in [0.4, 0.5) is 0 Å². The topological polar surface area (TPSA) is 54.2 Å². The molecule has 0 aliphatic carbocycles. The van der Waals surface area contributed by atoms with Crippen LogP contribution in [0.2, 0.25) is 0 Å². The number of rotatable bonds is 7.